The summed E-state index contributed by atoms with van der Waals surface area (Å²) < 4.78 is 19.3. The molecule has 0 aliphatic heterocycles. The minimum Gasteiger partial charge on any atom is -0.463 e. The van der Waals surface area contributed by atoms with Gasteiger partial charge in [-0.25, -0.2) is 4.79 Å². The standard InChI is InChI=1S/C38H56O4Si2/c1-11-40-36(39)30-24-16-14-12-13-15-23-29-35(42-43(9,10)37(3,4)5)32(2)31-41-44(38(6,7)8,33-25-19-17-20-26-33)34-27-21-18-22-28-34/h12-28,30,32,35H,11,29,31H2,1-10H3/b13-12+,16-14+,23-15+,30-24+/t32-,35-/m0/s1. The van der Waals surface area contributed by atoms with Gasteiger partial charge in [0.25, 0.3) is 8.32 Å². The third-order valence-electron chi connectivity index (χ3n) is 8.45. The molecular formula is C38H56O4Si2. The Balaban J connectivity index is 2.30. The number of carbonyl (C=O) groups excluding carboxylic acids is 1. The number of benzene rings is 2. The fourth-order valence-electron chi connectivity index (χ4n) is 4.95. The molecule has 2 rings (SSSR count). The monoisotopic (exact) mass is 632 g/mol. The second-order valence-electron chi connectivity index (χ2n) is 13.9. The largest absolute Gasteiger partial charge is 0.463 e. The number of esters is 1. The smallest absolute Gasteiger partial charge is 0.330 e. The Morgan fingerprint density at radius 2 is 1.27 bits per heavy atom. The van der Waals surface area contributed by atoms with Crippen LogP contribution in [0, 0.1) is 5.92 Å². The Kier molecular flexibility index (Phi) is 14.5. The van der Waals surface area contributed by atoms with Crippen LogP contribution in [0.4, 0.5) is 0 Å². The molecular weight excluding hydrogens is 577 g/mol. The molecule has 0 aliphatic carbocycles. The number of carbonyl (C=O) groups is 1. The molecule has 0 fully saturated rings. The first-order chi connectivity index (χ1) is 20.7. The van der Waals surface area contributed by atoms with Crippen LogP contribution in [0.15, 0.2) is 109 Å². The van der Waals surface area contributed by atoms with Crippen LogP contribution in [0.25, 0.3) is 0 Å². The van der Waals surface area contributed by atoms with Crippen LogP contribution in [0.2, 0.25) is 23.2 Å². The van der Waals surface area contributed by atoms with Gasteiger partial charge in [0, 0.05) is 18.6 Å². The molecule has 0 heterocycles. The van der Waals surface area contributed by atoms with Gasteiger partial charge >= 0.3 is 5.97 Å². The van der Waals surface area contributed by atoms with E-state index in [1.807, 2.05) is 24.3 Å². The second-order valence-corrected chi connectivity index (χ2v) is 23.0. The molecule has 240 valence electrons. The lowest BCUT2D eigenvalue weighted by atomic mass is 10.0. The SMILES string of the molecule is CCOC(=O)/C=C/C=C/C=C/C=C/C[C@H](O[Si](C)(C)C(C)(C)C)[C@@H](C)CO[Si](c1ccccc1)(c1ccccc1)C(C)(C)C. The zero-order chi connectivity index (χ0) is 32.9. The highest BCUT2D eigenvalue weighted by Gasteiger charge is 2.50. The Bertz CT molecular complexity index is 1210. The maximum atomic E-state index is 11.4. The molecule has 0 bridgehead atoms. The highest BCUT2D eigenvalue weighted by Crippen LogP contribution is 2.40. The van der Waals surface area contributed by atoms with E-state index in [2.05, 4.69) is 134 Å². The molecule has 0 saturated carbocycles. The summed E-state index contributed by atoms with van der Waals surface area (Å²) in [6, 6.07) is 21.7. The lowest BCUT2D eigenvalue weighted by Crippen LogP contribution is -2.67. The fourth-order valence-corrected chi connectivity index (χ4v) is 11.1. The van der Waals surface area contributed by atoms with Crippen molar-refractivity contribution in [2.75, 3.05) is 13.2 Å². The number of hydrogen-bond donors (Lipinski definition) is 0. The van der Waals surface area contributed by atoms with Crippen molar-refractivity contribution in [2.45, 2.75) is 91.1 Å². The van der Waals surface area contributed by atoms with E-state index >= 15 is 0 Å². The molecule has 0 saturated heterocycles. The number of allylic oxidation sites excluding steroid dienone is 6. The van der Waals surface area contributed by atoms with Gasteiger partial charge in [0.05, 0.1) is 12.7 Å². The van der Waals surface area contributed by atoms with Crippen molar-refractivity contribution in [3.63, 3.8) is 0 Å². The maximum Gasteiger partial charge on any atom is 0.330 e. The van der Waals surface area contributed by atoms with E-state index in [0.29, 0.717) is 13.2 Å². The van der Waals surface area contributed by atoms with E-state index in [0.717, 1.165) is 6.42 Å². The van der Waals surface area contributed by atoms with Crippen LogP contribution in [0.3, 0.4) is 0 Å². The summed E-state index contributed by atoms with van der Waals surface area (Å²) in [5.74, 6) is -0.144. The zero-order valence-electron chi connectivity index (χ0n) is 28.8. The zero-order valence-corrected chi connectivity index (χ0v) is 30.8. The molecule has 2 aromatic rings. The van der Waals surface area contributed by atoms with E-state index in [-0.39, 0.29) is 28.1 Å². The van der Waals surface area contributed by atoms with Crippen molar-refractivity contribution in [3.8, 4) is 0 Å². The molecule has 0 aromatic heterocycles. The van der Waals surface area contributed by atoms with Crippen molar-refractivity contribution in [1.29, 1.82) is 0 Å². The number of hydrogen-bond acceptors (Lipinski definition) is 4. The van der Waals surface area contributed by atoms with Crippen LogP contribution in [-0.2, 0) is 18.4 Å². The summed E-state index contributed by atoms with van der Waals surface area (Å²) in [6.07, 6.45) is 15.8. The maximum absolute atomic E-state index is 11.4. The second kappa shape index (κ2) is 17.1. The Labute approximate surface area is 270 Å². The molecule has 4 nitrogen and oxygen atoms in total. The number of ether oxygens (including phenoxy) is 1. The van der Waals surface area contributed by atoms with E-state index < -0.39 is 16.6 Å². The van der Waals surface area contributed by atoms with Crippen molar-refractivity contribution >= 4 is 33.0 Å². The number of rotatable bonds is 15. The predicted molar refractivity (Wildman–Crippen MR) is 193 cm³/mol. The lowest BCUT2D eigenvalue weighted by molar-refractivity contribution is -0.137. The molecule has 6 heteroatoms. The molecule has 0 unspecified atom stereocenters. The molecule has 0 N–H and O–H groups in total. The van der Waals surface area contributed by atoms with Crippen molar-refractivity contribution < 1.29 is 18.4 Å². The summed E-state index contributed by atoms with van der Waals surface area (Å²) in [5.41, 5.74) is 0. The summed E-state index contributed by atoms with van der Waals surface area (Å²) >= 11 is 0. The minimum absolute atomic E-state index is 0.0295. The normalized spacial score (nSPS) is 15.0. The summed E-state index contributed by atoms with van der Waals surface area (Å²) in [4.78, 5) is 11.4. The minimum atomic E-state index is -2.64. The van der Waals surface area contributed by atoms with Crippen molar-refractivity contribution in [3.05, 3.63) is 109 Å². The Hall–Kier alpha value is -2.78. The molecule has 0 aliphatic rings. The molecule has 0 amide bonds. The van der Waals surface area contributed by atoms with Gasteiger partial charge in [-0.15, -0.1) is 0 Å². The first-order valence-electron chi connectivity index (χ1n) is 15.9. The highest BCUT2D eigenvalue weighted by atomic mass is 28.4. The average Bonchev–Trinajstić information content (AvgIpc) is 2.95. The molecule has 0 spiro atoms. The molecule has 2 atom stereocenters. The summed E-state index contributed by atoms with van der Waals surface area (Å²) in [7, 11) is -4.67. The topological polar surface area (TPSA) is 44.8 Å². The van der Waals surface area contributed by atoms with Gasteiger partial charge in [-0.3, -0.25) is 0 Å². The van der Waals surface area contributed by atoms with Crippen molar-refractivity contribution in [1.82, 2.24) is 0 Å². The van der Waals surface area contributed by atoms with E-state index in [9.17, 15) is 4.79 Å². The van der Waals surface area contributed by atoms with Gasteiger partial charge in [-0.1, -0.05) is 152 Å². The predicted octanol–water partition coefficient (Wildman–Crippen LogP) is 8.77. The van der Waals surface area contributed by atoms with Gasteiger partial charge in [0.1, 0.15) is 0 Å². The molecule has 44 heavy (non-hydrogen) atoms. The fraction of sp³-hybridized carbons (Fsp3) is 0.447. The van der Waals surface area contributed by atoms with E-state index in [4.69, 9.17) is 13.6 Å². The third kappa shape index (κ3) is 10.7. The van der Waals surface area contributed by atoms with Crippen LogP contribution in [0.1, 0.15) is 61.8 Å². The summed E-state index contributed by atoms with van der Waals surface area (Å²) in [6.45, 7) is 23.6. The van der Waals surface area contributed by atoms with Crippen LogP contribution >= 0.6 is 0 Å². The lowest BCUT2D eigenvalue weighted by Gasteiger charge is -2.45. The molecule has 2 aromatic carbocycles. The van der Waals surface area contributed by atoms with Crippen molar-refractivity contribution in [2.24, 2.45) is 5.92 Å². The van der Waals surface area contributed by atoms with Gasteiger partial charge in [0.15, 0.2) is 8.32 Å². The highest BCUT2D eigenvalue weighted by molar-refractivity contribution is 6.99. The molecule has 0 radical (unpaired) electrons. The first kappa shape index (κ1) is 37.4. The Morgan fingerprint density at radius 1 is 0.773 bits per heavy atom. The van der Waals surface area contributed by atoms with Gasteiger partial charge < -0.3 is 13.6 Å². The quantitative estimate of drug-likeness (QED) is 0.0852. The van der Waals surface area contributed by atoms with Crippen LogP contribution < -0.4 is 10.4 Å². The van der Waals surface area contributed by atoms with Gasteiger partial charge in [-0.05, 0) is 46.9 Å². The first-order valence-corrected chi connectivity index (χ1v) is 20.7. The third-order valence-corrected chi connectivity index (χ3v) is 18.0. The van der Waals surface area contributed by atoms with Crippen LogP contribution in [-0.4, -0.2) is 41.9 Å². The van der Waals surface area contributed by atoms with Crippen LogP contribution in [0.5, 0.6) is 0 Å². The van der Waals surface area contributed by atoms with Gasteiger partial charge in [-0.2, -0.15) is 0 Å². The summed E-state index contributed by atoms with van der Waals surface area (Å²) in [5, 5.41) is 2.62. The Morgan fingerprint density at radius 3 is 1.75 bits per heavy atom. The van der Waals surface area contributed by atoms with E-state index in [1.54, 1.807) is 13.0 Å². The van der Waals surface area contributed by atoms with E-state index in [1.165, 1.54) is 16.4 Å². The van der Waals surface area contributed by atoms with Gasteiger partial charge in [0.2, 0.25) is 0 Å². The average molecular weight is 633 g/mol.